The number of rotatable bonds is 2. The largest absolute Gasteiger partial charge is 0.508 e. The number of phenolic OH excluding ortho intramolecular Hbond substituents is 1. The fraction of sp³-hybridized carbons (Fsp3) is 0.500. The Morgan fingerprint density at radius 2 is 1.95 bits per heavy atom. The molecule has 3 heterocycles. The van der Waals surface area contributed by atoms with Crippen molar-refractivity contribution in [2.24, 2.45) is 5.73 Å². The number of fused-ring (bicyclic) bond motifs is 3. The van der Waals surface area contributed by atoms with Crippen LogP contribution in [-0.4, -0.2) is 28.1 Å². The van der Waals surface area contributed by atoms with Crippen LogP contribution in [0.2, 0.25) is 0 Å². The van der Waals surface area contributed by atoms with Crippen LogP contribution in [0.15, 0.2) is 28.7 Å². The van der Waals surface area contributed by atoms with Gasteiger partial charge in [-0.15, -0.1) is 0 Å². The molecular formula is C16H20N2O2. The lowest BCUT2D eigenvalue weighted by atomic mass is 9.98. The van der Waals surface area contributed by atoms with E-state index in [-0.39, 0.29) is 5.75 Å². The van der Waals surface area contributed by atoms with Gasteiger partial charge in [-0.25, -0.2) is 0 Å². The minimum Gasteiger partial charge on any atom is -0.508 e. The van der Waals surface area contributed by atoms with Crippen LogP contribution in [0.4, 0.5) is 0 Å². The molecule has 0 spiro atoms. The van der Waals surface area contributed by atoms with Gasteiger partial charge in [0.25, 0.3) is 0 Å². The van der Waals surface area contributed by atoms with Gasteiger partial charge in [-0.05, 0) is 49.9 Å². The van der Waals surface area contributed by atoms with Crippen LogP contribution in [-0.2, 0) is 6.54 Å². The highest BCUT2D eigenvalue weighted by atomic mass is 16.3. The molecule has 0 saturated carbocycles. The second-order valence-corrected chi connectivity index (χ2v) is 6.22. The molecule has 1 unspecified atom stereocenters. The zero-order chi connectivity index (χ0) is 13.7. The summed E-state index contributed by atoms with van der Waals surface area (Å²) in [7, 11) is 0. The number of benzene rings is 1. The molecule has 0 aliphatic carbocycles. The average molecular weight is 272 g/mol. The third-order valence-corrected chi connectivity index (χ3v) is 4.81. The van der Waals surface area contributed by atoms with Crippen LogP contribution in [0.3, 0.4) is 0 Å². The van der Waals surface area contributed by atoms with Crippen LogP contribution in [0.5, 0.6) is 5.75 Å². The summed E-state index contributed by atoms with van der Waals surface area (Å²) in [4.78, 5) is 2.56. The third kappa shape index (κ3) is 2.00. The molecule has 4 rings (SSSR count). The Bertz CT molecular complexity index is 622. The van der Waals surface area contributed by atoms with Crippen molar-refractivity contribution in [1.82, 2.24) is 4.90 Å². The lowest BCUT2D eigenvalue weighted by molar-refractivity contribution is 0.112. The van der Waals surface area contributed by atoms with Crippen molar-refractivity contribution in [3.05, 3.63) is 30.0 Å². The summed E-state index contributed by atoms with van der Waals surface area (Å²) >= 11 is 0. The lowest BCUT2D eigenvalue weighted by Gasteiger charge is -2.37. The molecule has 0 radical (unpaired) electrons. The summed E-state index contributed by atoms with van der Waals surface area (Å²) in [5.41, 5.74) is 6.96. The van der Waals surface area contributed by atoms with Gasteiger partial charge in [0.15, 0.2) is 0 Å². The molecule has 0 amide bonds. The lowest BCUT2D eigenvalue weighted by Crippen LogP contribution is -2.46. The van der Waals surface area contributed by atoms with Gasteiger partial charge in [0.2, 0.25) is 0 Å². The summed E-state index contributed by atoms with van der Waals surface area (Å²) in [6.45, 7) is 0.859. The van der Waals surface area contributed by atoms with E-state index in [1.807, 2.05) is 12.1 Å². The molecule has 20 heavy (non-hydrogen) atoms. The molecule has 3 atom stereocenters. The highest BCUT2D eigenvalue weighted by Gasteiger charge is 2.39. The monoisotopic (exact) mass is 272 g/mol. The number of phenols is 1. The first kappa shape index (κ1) is 12.2. The number of hydrogen-bond acceptors (Lipinski definition) is 4. The first-order chi connectivity index (χ1) is 9.69. The Hall–Kier alpha value is -1.52. The Kier molecular flexibility index (Phi) is 2.75. The Balaban J connectivity index is 1.58. The van der Waals surface area contributed by atoms with Gasteiger partial charge in [0.05, 0.1) is 6.54 Å². The van der Waals surface area contributed by atoms with E-state index < -0.39 is 0 Å². The smallest absolute Gasteiger partial charge is 0.134 e. The minimum atomic E-state index is 0.286. The topological polar surface area (TPSA) is 62.6 Å². The second-order valence-electron chi connectivity index (χ2n) is 6.22. The number of furan rings is 1. The molecule has 2 aliphatic rings. The van der Waals surface area contributed by atoms with Crippen molar-refractivity contribution < 1.29 is 9.52 Å². The molecule has 1 aromatic heterocycles. The highest BCUT2D eigenvalue weighted by Crippen LogP contribution is 2.36. The summed E-state index contributed by atoms with van der Waals surface area (Å²) < 4.78 is 5.89. The fourth-order valence-electron chi connectivity index (χ4n) is 3.92. The first-order valence-electron chi connectivity index (χ1n) is 7.42. The predicted molar refractivity (Wildman–Crippen MR) is 77.4 cm³/mol. The maximum atomic E-state index is 9.52. The number of aromatic hydroxyl groups is 1. The van der Waals surface area contributed by atoms with Crippen LogP contribution in [0.25, 0.3) is 11.0 Å². The van der Waals surface area contributed by atoms with Crippen molar-refractivity contribution in [2.45, 2.75) is 50.4 Å². The Morgan fingerprint density at radius 1 is 1.20 bits per heavy atom. The van der Waals surface area contributed by atoms with Crippen LogP contribution < -0.4 is 5.73 Å². The summed E-state index contributed by atoms with van der Waals surface area (Å²) in [6.07, 6.45) is 4.74. The molecule has 2 aromatic rings. The number of nitrogens with zero attached hydrogens (tertiary/aromatic N) is 1. The highest BCUT2D eigenvalue weighted by molar-refractivity contribution is 5.79. The summed E-state index contributed by atoms with van der Waals surface area (Å²) in [5, 5.41) is 10.5. The molecular weight excluding hydrogens is 252 g/mol. The van der Waals surface area contributed by atoms with E-state index >= 15 is 0 Å². The van der Waals surface area contributed by atoms with E-state index in [1.165, 1.54) is 12.8 Å². The summed E-state index contributed by atoms with van der Waals surface area (Å²) in [6, 6.07) is 8.90. The van der Waals surface area contributed by atoms with Crippen LogP contribution in [0.1, 0.15) is 31.4 Å². The van der Waals surface area contributed by atoms with Gasteiger partial charge in [-0.1, -0.05) is 0 Å². The van der Waals surface area contributed by atoms with E-state index in [0.717, 1.165) is 36.1 Å². The van der Waals surface area contributed by atoms with Crippen molar-refractivity contribution in [1.29, 1.82) is 0 Å². The van der Waals surface area contributed by atoms with E-state index in [4.69, 9.17) is 10.2 Å². The predicted octanol–water partition coefficient (Wildman–Crippen LogP) is 2.59. The number of nitrogens with two attached hydrogens (primary N) is 1. The minimum absolute atomic E-state index is 0.286. The quantitative estimate of drug-likeness (QED) is 0.882. The molecule has 106 valence electrons. The van der Waals surface area contributed by atoms with E-state index in [2.05, 4.69) is 4.90 Å². The van der Waals surface area contributed by atoms with Gasteiger partial charge in [-0.3, -0.25) is 4.90 Å². The Morgan fingerprint density at radius 3 is 2.70 bits per heavy atom. The van der Waals surface area contributed by atoms with Gasteiger partial charge in [0, 0.05) is 23.5 Å². The molecule has 4 nitrogen and oxygen atoms in total. The summed E-state index contributed by atoms with van der Waals surface area (Å²) in [5.74, 6) is 1.27. The molecule has 3 N–H and O–H groups in total. The zero-order valence-corrected chi connectivity index (χ0v) is 11.5. The standard InChI is InChI=1S/C16H20N2O2/c17-11-7-12-1-2-13(8-11)18(12)9-15-6-10-5-14(19)3-4-16(10)20-15/h3-6,11-13,19H,1-2,7-9,17H2/t11?,12-,13+. The van der Waals surface area contributed by atoms with Crippen molar-refractivity contribution in [3.8, 4) is 5.75 Å². The van der Waals surface area contributed by atoms with Crippen LogP contribution >= 0.6 is 0 Å². The van der Waals surface area contributed by atoms with E-state index in [0.29, 0.717) is 18.1 Å². The molecule has 2 aliphatic heterocycles. The van der Waals surface area contributed by atoms with Gasteiger partial charge >= 0.3 is 0 Å². The van der Waals surface area contributed by atoms with Crippen molar-refractivity contribution in [3.63, 3.8) is 0 Å². The van der Waals surface area contributed by atoms with Crippen molar-refractivity contribution in [2.75, 3.05) is 0 Å². The van der Waals surface area contributed by atoms with Gasteiger partial charge < -0.3 is 15.3 Å². The molecule has 2 fully saturated rings. The maximum absolute atomic E-state index is 9.52. The first-order valence-corrected chi connectivity index (χ1v) is 7.42. The van der Waals surface area contributed by atoms with E-state index in [1.54, 1.807) is 12.1 Å². The molecule has 1 aromatic carbocycles. The SMILES string of the molecule is NC1C[C@H]2CC[C@@H](C1)N2Cc1cc2cc(O)ccc2o1. The molecule has 2 bridgehead atoms. The normalized spacial score (nSPS) is 30.1. The van der Waals surface area contributed by atoms with E-state index in [9.17, 15) is 5.11 Å². The van der Waals surface area contributed by atoms with Gasteiger partial charge in [0.1, 0.15) is 17.1 Å². The molecule has 4 heteroatoms. The van der Waals surface area contributed by atoms with Crippen molar-refractivity contribution >= 4 is 11.0 Å². The second kappa shape index (κ2) is 4.50. The Labute approximate surface area is 118 Å². The zero-order valence-electron chi connectivity index (χ0n) is 11.5. The number of hydrogen-bond donors (Lipinski definition) is 2. The number of piperidine rings is 1. The van der Waals surface area contributed by atoms with Crippen LogP contribution in [0, 0.1) is 0 Å². The average Bonchev–Trinajstić information content (AvgIpc) is 2.89. The maximum Gasteiger partial charge on any atom is 0.134 e. The molecule has 2 saturated heterocycles. The third-order valence-electron chi connectivity index (χ3n) is 4.81. The fourth-order valence-corrected chi connectivity index (χ4v) is 3.92. The van der Waals surface area contributed by atoms with Gasteiger partial charge in [-0.2, -0.15) is 0 Å².